The standard InChI is InChI=1S/C25H34N2O4/c1-19-7-6-8-20(2)23(19)15-21(28)16-26-11-13-27(14-12-26)17-22(29)18-31-25-10-5-4-9-24(25)30-3/h4-10,22,29H,11-18H2,1-3H3/i16D2,17D2. The van der Waals surface area contributed by atoms with Crippen LogP contribution in [0.15, 0.2) is 42.5 Å². The number of benzene rings is 2. The fourth-order valence-corrected chi connectivity index (χ4v) is 3.61. The van der Waals surface area contributed by atoms with Gasteiger partial charge in [-0.3, -0.25) is 14.6 Å². The van der Waals surface area contributed by atoms with E-state index >= 15 is 0 Å². The van der Waals surface area contributed by atoms with Gasteiger partial charge in [-0.05, 0) is 42.7 Å². The first-order valence-electron chi connectivity index (χ1n) is 12.5. The number of methoxy groups -OCH3 is 1. The van der Waals surface area contributed by atoms with Gasteiger partial charge in [0.2, 0.25) is 0 Å². The third kappa shape index (κ3) is 6.79. The van der Waals surface area contributed by atoms with Gasteiger partial charge in [0, 0.05) is 41.8 Å². The number of hydrogen-bond donors (Lipinski definition) is 1. The topological polar surface area (TPSA) is 62.2 Å². The zero-order chi connectivity index (χ0) is 25.8. The molecule has 168 valence electrons. The Morgan fingerprint density at radius 3 is 2.29 bits per heavy atom. The molecule has 1 heterocycles. The molecule has 1 N–H and O–H groups in total. The first-order valence-corrected chi connectivity index (χ1v) is 10.5. The van der Waals surface area contributed by atoms with E-state index in [9.17, 15) is 9.90 Å². The number of aliphatic hydroxyl groups excluding tert-OH is 1. The molecule has 6 heteroatoms. The number of ether oxygens (including phenoxy) is 2. The minimum atomic E-state index is -2.17. The third-order valence-electron chi connectivity index (χ3n) is 5.34. The van der Waals surface area contributed by atoms with Crippen LogP contribution >= 0.6 is 0 Å². The molecule has 0 radical (unpaired) electrons. The Hall–Kier alpha value is -2.41. The summed E-state index contributed by atoms with van der Waals surface area (Å²) in [6.45, 7) is -0.0747. The Kier molecular flexibility index (Phi) is 6.62. The molecule has 1 aliphatic rings. The van der Waals surface area contributed by atoms with Gasteiger partial charge < -0.3 is 14.6 Å². The molecule has 0 amide bonds. The van der Waals surface area contributed by atoms with E-state index < -0.39 is 24.9 Å². The molecule has 3 rings (SSSR count). The van der Waals surface area contributed by atoms with E-state index in [1.54, 1.807) is 24.3 Å². The Morgan fingerprint density at radius 2 is 1.65 bits per heavy atom. The SMILES string of the molecule is [2H]C([2H])(C(=O)Cc1c(C)cccc1C)N1CCN(C([2H])([2H])C(O)COc2ccccc2OC)CC1. The minimum absolute atomic E-state index is 0.00550. The quantitative estimate of drug-likeness (QED) is 0.625. The van der Waals surface area contributed by atoms with E-state index in [1.165, 1.54) is 16.9 Å². The number of ketones is 1. The monoisotopic (exact) mass is 430 g/mol. The maximum Gasteiger partial charge on any atom is 0.161 e. The number of para-hydroxylation sites is 2. The summed E-state index contributed by atoms with van der Waals surface area (Å²) in [5.74, 6) is 0.378. The molecule has 1 atom stereocenters. The molecule has 0 aliphatic carbocycles. The van der Waals surface area contributed by atoms with Crippen LogP contribution in [-0.4, -0.2) is 79.7 Å². The maximum atomic E-state index is 12.9. The van der Waals surface area contributed by atoms with Crippen molar-refractivity contribution in [3.63, 3.8) is 0 Å². The molecule has 2 aromatic rings. The lowest BCUT2D eigenvalue weighted by Crippen LogP contribution is -2.50. The Labute approximate surface area is 191 Å². The molecule has 1 fully saturated rings. The predicted molar refractivity (Wildman–Crippen MR) is 122 cm³/mol. The number of piperazine rings is 1. The van der Waals surface area contributed by atoms with Crippen LogP contribution in [0.2, 0.25) is 0 Å². The second-order valence-corrected chi connectivity index (χ2v) is 7.66. The van der Waals surface area contributed by atoms with Gasteiger partial charge in [-0.1, -0.05) is 30.3 Å². The van der Waals surface area contributed by atoms with Crippen LogP contribution in [0.25, 0.3) is 0 Å². The lowest BCUT2D eigenvalue weighted by atomic mass is 9.98. The highest BCUT2D eigenvalue weighted by Crippen LogP contribution is 2.25. The Balaban J connectivity index is 1.58. The van der Waals surface area contributed by atoms with Crippen LogP contribution in [-0.2, 0) is 11.2 Å². The largest absolute Gasteiger partial charge is 0.493 e. The van der Waals surface area contributed by atoms with Gasteiger partial charge >= 0.3 is 0 Å². The minimum Gasteiger partial charge on any atom is -0.493 e. The van der Waals surface area contributed by atoms with Crippen molar-refractivity contribution < 1.29 is 24.9 Å². The summed E-state index contributed by atoms with van der Waals surface area (Å²) in [4.78, 5) is 15.8. The van der Waals surface area contributed by atoms with E-state index in [4.69, 9.17) is 15.0 Å². The number of carbonyl (C=O) groups is 1. The van der Waals surface area contributed by atoms with E-state index in [0.29, 0.717) is 11.5 Å². The van der Waals surface area contributed by atoms with Gasteiger partial charge in [-0.15, -0.1) is 0 Å². The summed E-state index contributed by atoms with van der Waals surface area (Å²) in [6, 6.07) is 12.7. The molecule has 0 bridgehead atoms. The number of β-amino-alcohol motifs (C(OH)–C–C–N with tert-alkyl or cyclic N) is 1. The van der Waals surface area contributed by atoms with E-state index in [2.05, 4.69) is 0 Å². The van der Waals surface area contributed by atoms with E-state index in [0.717, 1.165) is 16.7 Å². The fourth-order valence-electron chi connectivity index (χ4n) is 3.61. The van der Waals surface area contributed by atoms with Crippen LogP contribution in [0.5, 0.6) is 11.5 Å². The van der Waals surface area contributed by atoms with Crippen LogP contribution in [0.4, 0.5) is 0 Å². The number of nitrogens with zero attached hydrogens (tertiary/aromatic N) is 2. The second kappa shape index (κ2) is 11.3. The fraction of sp³-hybridized carbons (Fsp3) is 0.480. The highest BCUT2D eigenvalue weighted by Gasteiger charge is 2.21. The lowest BCUT2D eigenvalue weighted by molar-refractivity contribution is -0.120. The summed E-state index contributed by atoms with van der Waals surface area (Å²) in [5.41, 5.74) is 2.75. The molecule has 1 aliphatic heterocycles. The number of aryl methyl sites for hydroxylation is 2. The maximum absolute atomic E-state index is 12.9. The molecular formula is C25H34N2O4. The van der Waals surface area contributed by atoms with Crippen LogP contribution < -0.4 is 9.47 Å². The van der Waals surface area contributed by atoms with E-state index in [1.807, 2.05) is 32.0 Å². The highest BCUT2D eigenvalue weighted by molar-refractivity contribution is 5.83. The van der Waals surface area contributed by atoms with Gasteiger partial charge in [0.25, 0.3) is 0 Å². The van der Waals surface area contributed by atoms with Gasteiger partial charge in [-0.2, -0.15) is 0 Å². The molecule has 6 nitrogen and oxygen atoms in total. The average Bonchev–Trinajstić information content (AvgIpc) is 2.84. The second-order valence-electron chi connectivity index (χ2n) is 7.66. The molecule has 0 saturated carbocycles. The zero-order valence-electron chi connectivity index (χ0n) is 22.4. The zero-order valence-corrected chi connectivity index (χ0v) is 18.4. The molecular weight excluding hydrogens is 392 g/mol. The number of Topliss-reactive ketones (excluding diaryl/α,β-unsaturated/α-hetero) is 1. The van der Waals surface area contributed by atoms with Crippen molar-refractivity contribution in [1.82, 2.24) is 9.80 Å². The van der Waals surface area contributed by atoms with Crippen molar-refractivity contribution >= 4 is 5.78 Å². The lowest BCUT2D eigenvalue weighted by Gasteiger charge is -2.35. The van der Waals surface area contributed by atoms with Gasteiger partial charge in [-0.25, -0.2) is 0 Å². The Bertz CT molecular complexity index is 1010. The van der Waals surface area contributed by atoms with Crippen molar-refractivity contribution in [2.45, 2.75) is 26.4 Å². The summed E-state index contributed by atoms with van der Waals surface area (Å²) in [5, 5.41) is 10.6. The van der Waals surface area contributed by atoms with Crippen LogP contribution in [0.3, 0.4) is 0 Å². The van der Waals surface area contributed by atoms with E-state index in [-0.39, 0.29) is 39.2 Å². The van der Waals surface area contributed by atoms with Gasteiger partial charge in [0.05, 0.1) is 16.3 Å². The van der Waals surface area contributed by atoms with Crippen molar-refractivity contribution in [2.24, 2.45) is 0 Å². The average molecular weight is 431 g/mol. The van der Waals surface area contributed by atoms with Crippen molar-refractivity contribution in [3.05, 3.63) is 59.2 Å². The summed E-state index contributed by atoms with van der Waals surface area (Å²) >= 11 is 0. The van der Waals surface area contributed by atoms with Crippen molar-refractivity contribution in [1.29, 1.82) is 0 Å². The summed E-state index contributed by atoms with van der Waals surface area (Å²) in [6.07, 6.45) is -1.44. The number of rotatable bonds is 10. The Morgan fingerprint density at radius 1 is 1.03 bits per heavy atom. The molecule has 31 heavy (non-hydrogen) atoms. The third-order valence-corrected chi connectivity index (χ3v) is 5.34. The molecule has 2 aromatic carbocycles. The van der Waals surface area contributed by atoms with Crippen molar-refractivity contribution in [2.75, 3.05) is 52.9 Å². The predicted octanol–water partition coefficient (Wildman–Crippen LogP) is 2.48. The van der Waals surface area contributed by atoms with Crippen molar-refractivity contribution in [3.8, 4) is 11.5 Å². The van der Waals surface area contributed by atoms with Crippen LogP contribution in [0, 0.1) is 13.8 Å². The van der Waals surface area contributed by atoms with Crippen LogP contribution in [0.1, 0.15) is 22.2 Å². The number of aliphatic hydroxyl groups is 1. The van der Waals surface area contributed by atoms with Gasteiger partial charge in [0.15, 0.2) is 17.3 Å². The highest BCUT2D eigenvalue weighted by atomic mass is 16.5. The summed E-state index contributed by atoms with van der Waals surface area (Å²) in [7, 11) is 1.50. The molecule has 0 spiro atoms. The number of hydrogen-bond acceptors (Lipinski definition) is 6. The summed E-state index contributed by atoms with van der Waals surface area (Å²) < 4.78 is 44.6. The first kappa shape index (κ1) is 18.2. The molecule has 1 unspecified atom stereocenters. The normalized spacial score (nSPS) is 19.0. The smallest absolute Gasteiger partial charge is 0.161 e. The first-order chi connectivity index (χ1) is 16.5. The van der Waals surface area contributed by atoms with Gasteiger partial charge in [0.1, 0.15) is 12.7 Å². The molecule has 1 saturated heterocycles. The number of carbonyl (C=O) groups excluding carboxylic acids is 1. The molecule has 0 aromatic heterocycles.